The van der Waals surface area contributed by atoms with E-state index >= 15 is 0 Å². The van der Waals surface area contributed by atoms with Gasteiger partial charge in [-0.2, -0.15) is 24.9 Å². The lowest BCUT2D eigenvalue weighted by Crippen LogP contribution is -2.29. The van der Waals surface area contributed by atoms with Crippen molar-refractivity contribution in [1.82, 2.24) is 5.32 Å². The van der Waals surface area contributed by atoms with Crippen LogP contribution in [0.25, 0.3) is 0 Å². The Morgan fingerprint density at radius 1 is 1.29 bits per heavy atom. The van der Waals surface area contributed by atoms with Crippen molar-refractivity contribution in [3.8, 4) is 0 Å². The highest BCUT2D eigenvalue weighted by molar-refractivity contribution is 7.99. The Morgan fingerprint density at radius 2 is 2.00 bits per heavy atom. The van der Waals surface area contributed by atoms with Crippen LogP contribution in [0.4, 0.5) is 13.2 Å². The Bertz CT molecular complexity index is 447. The van der Waals surface area contributed by atoms with Gasteiger partial charge in [0.05, 0.1) is 11.7 Å². The molecule has 1 saturated heterocycles. The molecule has 1 fully saturated rings. The Kier molecular flexibility index (Phi) is 5.96. The summed E-state index contributed by atoms with van der Waals surface area (Å²) in [6.45, 7) is 1.10. The van der Waals surface area contributed by atoms with Crippen LogP contribution in [-0.4, -0.2) is 29.7 Å². The quantitative estimate of drug-likeness (QED) is 0.871. The van der Waals surface area contributed by atoms with Crippen molar-refractivity contribution >= 4 is 11.8 Å². The molecule has 1 unspecified atom stereocenters. The van der Waals surface area contributed by atoms with Crippen molar-refractivity contribution in [3.05, 3.63) is 35.4 Å². The van der Waals surface area contributed by atoms with E-state index in [1.807, 2.05) is 11.8 Å². The van der Waals surface area contributed by atoms with E-state index in [0.717, 1.165) is 31.5 Å². The number of thioether (sulfide) groups is 1. The second kappa shape index (κ2) is 7.51. The average molecular weight is 319 g/mol. The molecule has 1 aliphatic rings. The first kappa shape index (κ1) is 16.6. The summed E-state index contributed by atoms with van der Waals surface area (Å²) in [5, 5.41) is 13.2. The minimum absolute atomic E-state index is 0.283. The fourth-order valence-corrected chi connectivity index (χ4v) is 3.62. The first-order valence-electron chi connectivity index (χ1n) is 7.10. The Hall–Kier alpha value is -0.720. The van der Waals surface area contributed by atoms with Gasteiger partial charge in [0, 0.05) is 6.54 Å². The van der Waals surface area contributed by atoms with Crippen LogP contribution in [0.3, 0.4) is 0 Å². The predicted molar refractivity (Wildman–Crippen MR) is 79.3 cm³/mol. The molecule has 0 aliphatic carbocycles. The number of hydrogen-bond donors (Lipinski definition) is 2. The minimum atomic E-state index is -4.37. The van der Waals surface area contributed by atoms with E-state index in [2.05, 4.69) is 5.32 Å². The summed E-state index contributed by atoms with van der Waals surface area (Å²) in [6.07, 6.45) is -2.96. The lowest BCUT2D eigenvalue weighted by molar-refractivity contribution is -0.137. The third-order valence-corrected chi connectivity index (χ3v) is 4.76. The van der Waals surface area contributed by atoms with E-state index in [9.17, 15) is 18.3 Å². The minimum Gasteiger partial charge on any atom is -0.387 e. The molecule has 1 aromatic carbocycles. The molecule has 118 valence electrons. The number of benzene rings is 1. The highest BCUT2D eigenvalue weighted by Gasteiger charge is 2.30. The van der Waals surface area contributed by atoms with Crippen LogP contribution in [-0.2, 0) is 6.18 Å². The molecule has 0 saturated carbocycles. The van der Waals surface area contributed by atoms with E-state index in [0.29, 0.717) is 11.5 Å². The van der Waals surface area contributed by atoms with Crippen LogP contribution < -0.4 is 5.32 Å². The van der Waals surface area contributed by atoms with E-state index in [-0.39, 0.29) is 6.54 Å². The van der Waals surface area contributed by atoms with Crippen molar-refractivity contribution in [1.29, 1.82) is 0 Å². The lowest BCUT2D eigenvalue weighted by Gasteiger charge is -2.22. The van der Waals surface area contributed by atoms with Gasteiger partial charge in [0.1, 0.15) is 0 Å². The van der Waals surface area contributed by atoms with Crippen LogP contribution in [0.15, 0.2) is 24.3 Å². The first-order valence-corrected chi connectivity index (χ1v) is 8.26. The van der Waals surface area contributed by atoms with Crippen molar-refractivity contribution in [2.45, 2.75) is 25.1 Å². The van der Waals surface area contributed by atoms with Crippen LogP contribution in [0, 0.1) is 5.92 Å². The van der Waals surface area contributed by atoms with E-state index in [1.54, 1.807) is 0 Å². The lowest BCUT2D eigenvalue weighted by atomic mass is 10.0. The van der Waals surface area contributed by atoms with Crippen molar-refractivity contribution < 1.29 is 18.3 Å². The molecule has 1 heterocycles. The van der Waals surface area contributed by atoms with Gasteiger partial charge >= 0.3 is 6.18 Å². The number of rotatable bonds is 5. The fraction of sp³-hybridized carbons (Fsp3) is 0.600. The zero-order chi connectivity index (χ0) is 15.3. The molecule has 2 rings (SSSR count). The highest BCUT2D eigenvalue weighted by Crippen LogP contribution is 2.30. The summed E-state index contributed by atoms with van der Waals surface area (Å²) in [4.78, 5) is 0. The smallest absolute Gasteiger partial charge is 0.387 e. The summed E-state index contributed by atoms with van der Waals surface area (Å²) in [6, 6.07) is 4.89. The van der Waals surface area contributed by atoms with Gasteiger partial charge in [-0.1, -0.05) is 12.1 Å². The Labute approximate surface area is 127 Å². The van der Waals surface area contributed by atoms with Crippen molar-refractivity contribution in [2.75, 3.05) is 24.6 Å². The maximum Gasteiger partial charge on any atom is 0.416 e. The number of alkyl halides is 3. The standard InChI is InChI=1S/C15H20F3NOS/c16-15(17,18)13-3-1-2-12(8-13)14(20)10-19-9-11-4-6-21-7-5-11/h1-3,8,11,14,19-20H,4-7,9-10H2. The predicted octanol–water partition coefficient (Wildman–Crippen LogP) is 3.47. The summed E-state index contributed by atoms with van der Waals surface area (Å²) < 4.78 is 37.9. The van der Waals surface area contributed by atoms with Gasteiger partial charge in [0.25, 0.3) is 0 Å². The number of aliphatic hydroxyl groups is 1. The Balaban J connectivity index is 1.83. The molecule has 6 heteroatoms. The van der Waals surface area contributed by atoms with Gasteiger partial charge in [-0.25, -0.2) is 0 Å². The SMILES string of the molecule is OC(CNCC1CCSCC1)c1cccc(C(F)(F)F)c1. The molecule has 2 N–H and O–H groups in total. The molecule has 0 amide bonds. The zero-order valence-corrected chi connectivity index (χ0v) is 12.5. The van der Waals surface area contributed by atoms with Gasteiger partial charge in [0.15, 0.2) is 0 Å². The first-order chi connectivity index (χ1) is 9.97. The molecule has 0 bridgehead atoms. The van der Waals surface area contributed by atoms with Crippen molar-refractivity contribution in [3.63, 3.8) is 0 Å². The number of hydrogen-bond acceptors (Lipinski definition) is 3. The second-order valence-corrected chi connectivity index (χ2v) is 6.58. The topological polar surface area (TPSA) is 32.3 Å². The molecular weight excluding hydrogens is 299 g/mol. The second-order valence-electron chi connectivity index (χ2n) is 5.35. The zero-order valence-electron chi connectivity index (χ0n) is 11.7. The van der Waals surface area contributed by atoms with E-state index < -0.39 is 17.8 Å². The van der Waals surface area contributed by atoms with Crippen molar-refractivity contribution in [2.24, 2.45) is 5.92 Å². The largest absolute Gasteiger partial charge is 0.416 e. The molecule has 0 aromatic heterocycles. The van der Waals surface area contributed by atoms with Crippen LogP contribution in [0.5, 0.6) is 0 Å². The third kappa shape index (κ3) is 5.20. The molecule has 1 atom stereocenters. The van der Waals surface area contributed by atoms with Gasteiger partial charge in [-0.15, -0.1) is 0 Å². The summed E-state index contributed by atoms with van der Waals surface area (Å²) in [7, 11) is 0. The molecule has 0 spiro atoms. The van der Waals surface area contributed by atoms with Gasteiger partial charge in [-0.05, 0) is 54.5 Å². The monoisotopic (exact) mass is 319 g/mol. The normalized spacial score (nSPS) is 18.7. The number of halogens is 3. The molecule has 1 aliphatic heterocycles. The highest BCUT2D eigenvalue weighted by atomic mass is 32.2. The van der Waals surface area contributed by atoms with Gasteiger partial charge in [0.2, 0.25) is 0 Å². The summed E-state index contributed by atoms with van der Waals surface area (Å²) in [5.41, 5.74) is -0.417. The van der Waals surface area contributed by atoms with Gasteiger partial charge in [-0.3, -0.25) is 0 Å². The van der Waals surface area contributed by atoms with Crippen LogP contribution in [0.2, 0.25) is 0 Å². The Morgan fingerprint density at radius 3 is 2.67 bits per heavy atom. The fourth-order valence-electron chi connectivity index (χ4n) is 2.41. The third-order valence-electron chi connectivity index (χ3n) is 3.71. The maximum absolute atomic E-state index is 12.6. The summed E-state index contributed by atoms with van der Waals surface area (Å²) >= 11 is 1.96. The molecular formula is C15H20F3NOS. The van der Waals surface area contributed by atoms with E-state index in [4.69, 9.17) is 0 Å². The maximum atomic E-state index is 12.6. The molecule has 1 aromatic rings. The molecule has 21 heavy (non-hydrogen) atoms. The van der Waals surface area contributed by atoms with E-state index in [1.165, 1.54) is 23.6 Å². The van der Waals surface area contributed by atoms with Gasteiger partial charge < -0.3 is 10.4 Å². The van der Waals surface area contributed by atoms with Crippen LogP contribution in [0.1, 0.15) is 30.1 Å². The molecule has 0 radical (unpaired) electrons. The molecule has 2 nitrogen and oxygen atoms in total. The number of nitrogens with one attached hydrogen (secondary N) is 1. The number of aliphatic hydroxyl groups excluding tert-OH is 1. The average Bonchev–Trinajstić information content (AvgIpc) is 2.47. The van der Waals surface area contributed by atoms with Crippen LogP contribution >= 0.6 is 11.8 Å². The summed E-state index contributed by atoms with van der Waals surface area (Å²) in [5.74, 6) is 2.95.